The predicted octanol–water partition coefficient (Wildman–Crippen LogP) is 3.78. The third-order valence-electron chi connectivity index (χ3n) is 3.67. The van der Waals surface area contributed by atoms with Crippen LogP contribution >= 0.6 is 11.3 Å². The molecule has 1 aromatic carbocycles. The number of hydrogen-bond donors (Lipinski definition) is 2. The zero-order valence-electron chi connectivity index (χ0n) is 16.0. The Morgan fingerprint density at radius 1 is 1.13 bits per heavy atom. The molecule has 2 unspecified atom stereocenters. The number of esters is 1. The van der Waals surface area contributed by atoms with Crippen molar-refractivity contribution in [3.05, 3.63) is 46.7 Å². The molecule has 2 amide bonds. The third kappa shape index (κ3) is 7.74. The predicted molar refractivity (Wildman–Crippen MR) is 103 cm³/mol. The van der Waals surface area contributed by atoms with E-state index in [4.69, 9.17) is 4.74 Å². The van der Waals surface area contributed by atoms with Gasteiger partial charge in [-0.05, 0) is 42.6 Å². The van der Waals surface area contributed by atoms with Crippen molar-refractivity contribution in [1.29, 1.82) is 0 Å². The second kappa shape index (κ2) is 10.1. The van der Waals surface area contributed by atoms with Crippen molar-refractivity contribution in [2.75, 3.05) is 5.32 Å². The summed E-state index contributed by atoms with van der Waals surface area (Å²) in [5.74, 6) is -2.11. The lowest BCUT2D eigenvalue weighted by atomic mass is 10.1. The van der Waals surface area contributed by atoms with E-state index in [1.54, 1.807) is 17.5 Å². The monoisotopic (exact) mass is 444 g/mol. The lowest BCUT2D eigenvalue weighted by Gasteiger charge is -2.18. The van der Waals surface area contributed by atoms with E-state index in [9.17, 15) is 27.6 Å². The molecule has 1 aromatic heterocycles. The second-order valence-electron chi connectivity index (χ2n) is 6.17. The molecule has 0 radical (unpaired) electrons. The summed E-state index contributed by atoms with van der Waals surface area (Å²) in [6, 6.07) is 7.49. The fourth-order valence-corrected chi connectivity index (χ4v) is 3.18. The number of nitrogens with one attached hydrogen (secondary N) is 2. The van der Waals surface area contributed by atoms with Gasteiger partial charge in [0.2, 0.25) is 5.91 Å². The van der Waals surface area contributed by atoms with Crippen LogP contribution < -0.4 is 15.4 Å². The summed E-state index contributed by atoms with van der Waals surface area (Å²) in [6.07, 6.45) is -6.14. The first-order chi connectivity index (χ1) is 14.0. The van der Waals surface area contributed by atoms with Gasteiger partial charge in [-0.1, -0.05) is 6.07 Å². The topological polar surface area (TPSA) is 93.7 Å². The van der Waals surface area contributed by atoms with E-state index in [1.807, 2.05) is 0 Å². The largest absolute Gasteiger partial charge is 0.573 e. The molecule has 0 aliphatic rings. The van der Waals surface area contributed by atoms with Crippen molar-refractivity contribution >= 4 is 34.8 Å². The zero-order valence-corrected chi connectivity index (χ0v) is 16.8. The second-order valence-corrected chi connectivity index (χ2v) is 7.15. The van der Waals surface area contributed by atoms with Crippen LogP contribution in [0.5, 0.6) is 5.75 Å². The molecule has 0 spiro atoms. The maximum atomic E-state index is 12.2. The Bertz CT molecular complexity index is 869. The van der Waals surface area contributed by atoms with E-state index >= 15 is 0 Å². The Kier molecular flexibility index (Phi) is 7.81. The number of halogens is 3. The van der Waals surface area contributed by atoms with Gasteiger partial charge in [0, 0.05) is 17.5 Å². The fourth-order valence-electron chi connectivity index (χ4n) is 2.41. The fraction of sp³-hybridized carbons (Fsp3) is 0.316. The zero-order chi connectivity index (χ0) is 22.3. The number of carbonyl (C=O) groups is 3. The van der Waals surface area contributed by atoms with E-state index in [1.165, 1.54) is 37.3 Å². The number of ether oxygens (including phenoxy) is 2. The summed E-state index contributed by atoms with van der Waals surface area (Å²) < 4.78 is 45.4. The highest BCUT2D eigenvalue weighted by Gasteiger charge is 2.31. The van der Waals surface area contributed by atoms with Crippen LogP contribution in [0.3, 0.4) is 0 Å². The summed E-state index contributed by atoms with van der Waals surface area (Å²) in [7, 11) is 0. The summed E-state index contributed by atoms with van der Waals surface area (Å²) >= 11 is 1.36. The molecular weight excluding hydrogens is 425 g/mol. The van der Waals surface area contributed by atoms with Crippen molar-refractivity contribution in [3.8, 4) is 5.75 Å². The lowest BCUT2D eigenvalue weighted by molar-refractivity contribution is -0.274. The molecule has 30 heavy (non-hydrogen) atoms. The number of thiophene rings is 1. The third-order valence-corrected chi connectivity index (χ3v) is 4.65. The summed E-state index contributed by atoms with van der Waals surface area (Å²) in [4.78, 5) is 36.5. The summed E-state index contributed by atoms with van der Waals surface area (Å²) in [6.45, 7) is 2.68. The van der Waals surface area contributed by atoms with Crippen molar-refractivity contribution in [2.24, 2.45) is 0 Å². The number of rotatable bonds is 8. The molecule has 11 heteroatoms. The molecule has 2 N–H and O–H groups in total. The van der Waals surface area contributed by atoms with E-state index in [0.717, 1.165) is 17.0 Å². The lowest BCUT2D eigenvalue weighted by Crippen LogP contribution is -2.32. The van der Waals surface area contributed by atoms with Gasteiger partial charge >= 0.3 is 12.3 Å². The molecule has 0 aliphatic carbocycles. The van der Waals surface area contributed by atoms with Crippen LogP contribution in [-0.4, -0.2) is 30.2 Å². The number of alkyl halides is 3. The van der Waals surface area contributed by atoms with Crippen LogP contribution in [0, 0.1) is 0 Å². The molecule has 0 bridgehead atoms. The Balaban J connectivity index is 1.89. The van der Waals surface area contributed by atoms with Gasteiger partial charge in [-0.15, -0.1) is 24.5 Å². The summed E-state index contributed by atoms with van der Waals surface area (Å²) in [5.41, 5.74) is 0.201. The van der Waals surface area contributed by atoms with Crippen LogP contribution in [0.15, 0.2) is 41.8 Å². The standard InChI is InChI=1S/C19H19F3N2O5S/c1-11(18(27)24-13-5-7-14(8-6-13)29-19(20,21)22)28-17(26)10-15(23-12(2)25)16-4-3-9-30-16/h3-9,11,15H,10H2,1-2H3,(H,23,25)(H,24,27). The highest BCUT2D eigenvalue weighted by Crippen LogP contribution is 2.25. The average Bonchev–Trinajstić information content (AvgIpc) is 3.15. The SMILES string of the molecule is CC(=O)NC(CC(=O)OC(C)C(=O)Nc1ccc(OC(F)(F)F)cc1)c1cccs1. The minimum atomic E-state index is -4.81. The van der Waals surface area contributed by atoms with E-state index in [2.05, 4.69) is 15.4 Å². The van der Waals surface area contributed by atoms with Gasteiger partial charge in [0.25, 0.3) is 5.91 Å². The molecule has 1 heterocycles. The van der Waals surface area contributed by atoms with E-state index in [-0.39, 0.29) is 18.0 Å². The molecule has 7 nitrogen and oxygen atoms in total. The van der Waals surface area contributed by atoms with Crippen molar-refractivity contribution < 1.29 is 37.0 Å². The number of benzene rings is 1. The van der Waals surface area contributed by atoms with Crippen LogP contribution in [-0.2, 0) is 19.1 Å². The maximum absolute atomic E-state index is 12.2. The van der Waals surface area contributed by atoms with E-state index in [0.29, 0.717) is 0 Å². The number of amides is 2. The Morgan fingerprint density at radius 3 is 2.33 bits per heavy atom. The molecule has 0 fully saturated rings. The molecule has 2 aromatic rings. The smallest absolute Gasteiger partial charge is 0.452 e. The molecule has 2 rings (SSSR count). The van der Waals surface area contributed by atoms with Gasteiger partial charge in [-0.25, -0.2) is 0 Å². The van der Waals surface area contributed by atoms with Gasteiger partial charge in [0.15, 0.2) is 6.10 Å². The highest BCUT2D eigenvalue weighted by atomic mass is 32.1. The molecule has 162 valence electrons. The molecule has 0 saturated heterocycles. The minimum absolute atomic E-state index is 0.165. The molecule has 2 atom stereocenters. The maximum Gasteiger partial charge on any atom is 0.573 e. The highest BCUT2D eigenvalue weighted by molar-refractivity contribution is 7.10. The van der Waals surface area contributed by atoms with E-state index < -0.39 is 36.1 Å². The van der Waals surface area contributed by atoms with Crippen LogP contribution in [0.4, 0.5) is 18.9 Å². The molecule has 0 aliphatic heterocycles. The average molecular weight is 444 g/mol. The number of anilines is 1. The first-order valence-electron chi connectivity index (χ1n) is 8.70. The Hall–Kier alpha value is -3.08. The quantitative estimate of drug-likeness (QED) is 0.605. The first-order valence-corrected chi connectivity index (χ1v) is 9.58. The van der Waals surface area contributed by atoms with Crippen LogP contribution in [0.1, 0.15) is 31.2 Å². The van der Waals surface area contributed by atoms with Crippen molar-refractivity contribution in [3.63, 3.8) is 0 Å². The Morgan fingerprint density at radius 2 is 1.80 bits per heavy atom. The first kappa shape index (κ1) is 23.2. The van der Waals surface area contributed by atoms with Gasteiger partial charge in [0.1, 0.15) is 5.75 Å². The van der Waals surface area contributed by atoms with Crippen molar-refractivity contribution in [2.45, 2.75) is 38.8 Å². The van der Waals surface area contributed by atoms with Crippen LogP contribution in [0.25, 0.3) is 0 Å². The van der Waals surface area contributed by atoms with Crippen LogP contribution in [0.2, 0.25) is 0 Å². The van der Waals surface area contributed by atoms with Gasteiger partial charge in [-0.2, -0.15) is 0 Å². The normalized spacial score (nSPS) is 13.1. The minimum Gasteiger partial charge on any atom is -0.452 e. The Labute approximate surface area is 174 Å². The molecule has 0 saturated carbocycles. The molecular formula is C19H19F3N2O5S. The van der Waals surface area contributed by atoms with Gasteiger partial charge < -0.3 is 20.1 Å². The van der Waals surface area contributed by atoms with Gasteiger partial charge in [0.05, 0.1) is 12.5 Å². The van der Waals surface area contributed by atoms with Crippen molar-refractivity contribution in [1.82, 2.24) is 5.32 Å². The summed E-state index contributed by atoms with van der Waals surface area (Å²) in [5, 5.41) is 6.89. The van der Waals surface area contributed by atoms with Gasteiger partial charge in [-0.3, -0.25) is 14.4 Å². The number of hydrogen-bond acceptors (Lipinski definition) is 6. The number of carbonyl (C=O) groups excluding carboxylic acids is 3.